The Balaban J connectivity index is 2.81. The van der Waals surface area contributed by atoms with Crippen molar-refractivity contribution in [3.05, 3.63) is 23.5 Å². The number of hydrogen-bond acceptors (Lipinski definition) is 4. The number of nitrogens with one attached hydrogen (secondary N) is 1. The van der Waals surface area contributed by atoms with Crippen molar-refractivity contribution in [3.8, 4) is 0 Å². The first-order chi connectivity index (χ1) is 6.15. The van der Waals surface area contributed by atoms with Crippen LogP contribution in [0.25, 0.3) is 0 Å². The fraction of sp³-hybridized carbons (Fsp3) is 0.556. The second-order valence-electron chi connectivity index (χ2n) is 3.23. The molecule has 0 aliphatic rings. The summed E-state index contributed by atoms with van der Waals surface area (Å²) in [4.78, 5) is 0. The highest BCUT2D eigenvalue weighted by Gasteiger charge is 2.07. The number of aliphatic hydroxyl groups is 1. The highest BCUT2D eigenvalue weighted by atomic mass is 16.3. The van der Waals surface area contributed by atoms with Crippen LogP contribution in [0.1, 0.15) is 37.4 Å². The van der Waals surface area contributed by atoms with E-state index in [9.17, 15) is 5.11 Å². The van der Waals surface area contributed by atoms with Crippen LogP contribution in [0, 0.1) is 0 Å². The van der Waals surface area contributed by atoms with Gasteiger partial charge in [-0.3, -0.25) is 5.32 Å². The Labute approximate surface area is 78.0 Å². The fourth-order valence-corrected chi connectivity index (χ4v) is 0.955. The molecule has 0 amide bonds. The molecule has 0 spiro atoms. The first kappa shape index (κ1) is 10.1. The maximum Gasteiger partial charge on any atom is 0.149 e. The highest BCUT2D eigenvalue weighted by molar-refractivity contribution is 5.10. The molecule has 0 aliphatic carbocycles. The van der Waals surface area contributed by atoms with Crippen molar-refractivity contribution in [2.75, 3.05) is 7.05 Å². The Morgan fingerprint density at radius 1 is 1.23 bits per heavy atom. The van der Waals surface area contributed by atoms with Crippen molar-refractivity contribution >= 4 is 0 Å². The molecule has 0 saturated heterocycles. The zero-order valence-corrected chi connectivity index (χ0v) is 8.15. The quantitative estimate of drug-likeness (QED) is 0.677. The van der Waals surface area contributed by atoms with Crippen LogP contribution >= 0.6 is 0 Å². The van der Waals surface area contributed by atoms with E-state index in [4.69, 9.17) is 0 Å². The summed E-state index contributed by atoms with van der Waals surface area (Å²) >= 11 is 0. The van der Waals surface area contributed by atoms with Crippen molar-refractivity contribution < 1.29 is 5.11 Å². The molecule has 0 aromatic carbocycles. The lowest BCUT2D eigenvalue weighted by atomic mass is 10.1. The van der Waals surface area contributed by atoms with Crippen LogP contribution in [-0.2, 0) is 0 Å². The summed E-state index contributed by atoms with van der Waals surface area (Å²) in [5.74, 6) is 0.369. The van der Waals surface area contributed by atoms with Gasteiger partial charge >= 0.3 is 0 Å². The molecule has 1 aromatic rings. The van der Waals surface area contributed by atoms with Gasteiger partial charge in [-0.1, -0.05) is 13.8 Å². The van der Waals surface area contributed by atoms with Gasteiger partial charge in [-0.15, -0.1) is 0 Å². The van der Waals surface area contributed by atoms with E-state index in [-0.39, 0.29) is 0 Å². The van der Waals surface area contributed by atoms with Gasteiger partial charge in [-0.2, -0.15) is 10.2 Å². The summed E-state index contributed by atoms with van der Waals surface area (Å²) in [6.45, 7) is 4.11. The molecule has 2 N–H and O–H groups in total. The summed E-state index contributed by atoms with van der Waals surface area (Å²) in [6.07, 6.45) is -0.728. The lowest BCUT2D eigenvalue weighted by Gasteiger charge is -2.08. The van der Waals surface area contributed by atoms with E-state index >= 15 is 0 Å². The summed E-state index contributed by atoms with van der Waals surface area (Å²) in [5, 5.41) is 19.9. The minimum absolute atomic E-state index is 0.369. The fourth-order valence-electron chi connectivity index (χ4n) is 0.955. The van der Waals surface area contributed by atoms with E-state index in [1.807, 2.05) is 6.07 Å². The normalized spacial score (nSPS) is 13.3. The van der Waals surface area contributed by atoms with E-state index < -0.39 is 6.23 Å². The Morgan fingerprint density at radius 2 is 1.77 bits per heavy atom. The zero-order valence-electron chi connectivity index (χ0n) is 8.15. The van der Waals surface area contributed by atoms with Crippen molar-refractivity contribution in [2.24, 2.45) is 0 Å². The number of aromatic nitrogens is 2. The minimum Gasteiger partial charge on any atom is -0.373 e. The summed E-state index contributed by atoms with van der Waals surface area (Å²) in [5.41, 5.74) is 1.49. The summed E-state index contributed by atoms with van der Waals surface area (Å²) in [7, 11) is 1.67. The van der Waals surface area contributed by atoms with Crippen molar-refractivity contribution in [1.29, 1.82) is 0 Å². The maximum absolute atomic E-state index is 9.35. The van der Waals surface area contributed by atoms with Crippen LogP contribution < -0.4 is 5.32 Å². The van der Waals surface area contributed by atoms with Crippen molar-refractivity contribution in [2.45, 2.75) is 26.0 Å². The number of nitrogens with zero attached hydrogens (tertiary/aromatic N) is 2. The van der Waals surface area contributed by atoms with Gasteiger partial charge in [0.1, 0.15) is 11.9 Å². The SMILES string of the molecule is CNC(O)c1ccc(C(C)C)nn1. The smallest absolute Gasteiger partial charge is 0.149 e. The van der Waals surface area contributed by atoms with Crippen molar-refractivity contribution in [3.63, 3.8) is 0 Å². The Kier molecular flexibility index (Phi) is 3.33. The van der Waals surface area contributed by atoms with E-state index in [0.717, 1.165) is 5.69 Å². The van der Waals surface area contributed by atoms with Crippen LogP contribution in [0.5, 0.6) is 0 Å². The van der Waals surface area contributed by atoms with E-state index in [2.05, 4.69) is 29.4 Å². The zero-order chi connectivity index (χ0) is 9.84. The summed E-state index contributed by atoms with van der Waals surface area (Å²) in [6, 6.07) is 3.66. The molecule has 0 bridgehead atoms. The first-order valence-electron chi connectivity index (χ1n) is 4.34. The maximum atomic E-state index is 9.35. The molecule has 1 aromatic heterocycles. The van der Waals surface area contributed by atoms with Gasteiger partial charge in [-0.25, -0.2) is 0 Å². The Bertz CT molecular complexity index is 258. The molecule has 0 saturated carbocycles. The van der Waals surface area contributed by atoms with E-state index in [0.29, 0.717) is 11.6 Å². The molecular weight excluding hydrogens is 166 g/mol. The molecular formula is C9H15N3O. The molecule has 4 nitrogen and oxygen atoms in total. The topological polar surface area (TPSA) is 58.0 Å². The molecule has 72 valence electrons. The standard InChI is InChI=1S/C9H15N3O/c1-6(2)7-4-5-8(12-11-7)9(13)10-3/h4-6,9-10,13H,1-3H3. The molecule has 13 heavy (non-hydrogen) atoms. The van der Waals surface area contributed by atoms with Gasteiger partial charge in [0, 0.05) is 0 Å². The second-order valence-corrected chi connectivity index (χ2v) is 3.23. The molecule has 0 fully saturated rings. The molecule has 0 radical (unpaired) electrons. The van der Waals surface area contributed by atoms with Gasteiger partial charge in [-0.05, 0) is 25.1 Å². The third-order valence-corrected chi connectivity index (χ3v) is 1.85. The monoisotopic (exact) mass is 181 g/mol. The van der Waals surface area contributed by atoms with Crippen LogP contribution in [0.2, 0.25) is 0 Å². The first-order valence-corrected chi connectivity index (χ1v) is 4.34. The Morgan fingerprint density at radius 3 is 2.15 bits per heavy atom. The number of hydrogen-bond donors (Lipinski definition) is 2. The van der Waals surface area contributed by atoms with Gasteiger partial charge < -0.3 is 5.11 Å². The number of rotatable bonds is 3. The van der Waals surface area contributed by atoms with Crippen LogP contribution in [0.3, 0.4) is 0 Å². The van der Waals surface area contributed by atoms with Gasteiger partial charge in [0.25, 0.3) is 0 Å². The van der Waals surface area contributed by atoms with Gasteiger partial charge in [0.15, 0.2) is 0 Å². The lowest BCUT2D eigenvalue weighted by molar-refractivity contribution is 0.143. The Hall–Kier alpha value is -1.00. The molecule has 1 rings (SSSR count). The summed E-state index contributed by atoms with van der Waals surface area (Å²) < 4.78 is 0. The largest absolute Gasteiger partial charge is 0.373 e. The van der Waals surface area contributed by atoms with Gasteiger partial charge in [0.05, 0.1) is 5.69 Å². The van der Waals surface area contributed by atoms with E-state index in [1.165, 1.54) is 0 Å². The van der Waals surface area contributed by atoms with Crippen LogP contribution in [0.15, 0.2) is 12.1 Å². The average molecular weight is 181 g/mol. The average Bonchev–Trinajstić information content (AvgIpc) is 2.17. The third kappa shape index (κ3) is 2.47. The molecule has 4 heteroatoms. The highest BCUT2D eigenvalue weighted by Crippen LogP contribution is 2.11. The lowest BCUT2D eigenvalue weighted by Crippen LogP contribution is -2.17. The van der Waals surface area contributed by atoms with Crippen LogP contribution in [-0.4, -0.2) is 22.4 Å². The second kappa shape index (κ2) is 4.30. The number of aliphatic hydroxyl groups excluding tert-OH is 1. The van der Waals surface area contributed by atoms with Crippen molar-refractivity contribution in [1.82, 2.24) is 15.5 Å². The molecule has 0 aliphatic heterocycles. The molecule has 1 atom stereocenters. The molecule has 1 unspecified atom stereocenters. The van der Waals surface area contributed by atoms with Gasteiger partial charge in [0.2, 0.25) is 0 Å². The molecule has 1 heterocycles. The van der Waals surface area contributed by atoms with Crippen LogP contribution in [0.4, 0.5) is 0 Å². The predicted octanol–water partition coefficient (Wildman–Crippen LogP) is 0.810. The minimum atomic E-state index is -0.728. The third-order valence-electron chi connectivity index (χ3n) is 1.85. The van der Waals surface area contributed by atoms with E-state index in [1.54, 1.807) is 13.1 Å². The predicted molar refractivity (Wildman–Crippen MR) is 50.1 cm³/mol.